The molecule has 0 rings (SSSR count). The first-order chi connectivity index (χ1) is 3.46. The molecule has 0 atom stereocenters. The number of hydrogen-bond donors (Lipinski definition) is 0. The van der Waals surface area contributed by atoms with Gasteiger partial charge in [0.05, 0.1) is 0 Å². The summed E-state index contributed by atoms with van der Waals surface area (Å²) in [5.41, 5.74) is 0. The van der Waals surface area contributed by atoms with Crippen LogP contribution in [0.2, 0.25) is 0 Å². The van der Waals surface area contributed by atoms with Crippen LogP contribution in [0.15, 0.2) is 0 Å². The Morgan fingerprint density at radius 1 is 1.00 bits per heavy atom. The molecule has 0 aliphatic heterocycles. The van der Waals surface area contributed by atoms with Gasteiger partial charge < -0.3 is 0 Å². The molecule has 0 saturated heterocycles. The van der Waals surface area contributed by atoms with Crippen molar-refractivity contribution in [2.24, 2.45) is 0 Å². The third-order valence-electron chi connectivity index (χ3n) is 0. The molecule has 0 nitrogen and oxygen atoms in total. The summed E-state index contributed by atoms with van der Waals surface area (Å²) in [6, 6.07) is 0. The fourth-order valence-electron chi connectivity index (χ4n) is 0. The van der Waals surface area contributed by atoms with Crippen LogP contribution in [0.25, 0.3) is 0 Å². The Hall–Kier alpha value is 1.92. The third-order valence-corrected chi connectivity index (χ3v) is 0. The van der Waals surface area contributed by atoms with Gasteiger partial charge in [0.15, 0.2) is 0 Å². The van der Waals surface area contributed by atoms with Crippen molar-refractivity contribution in [2.45, 2.75) is 0 Å². The molecule has 55 valence electrons. The summed E-state index contributed by atoms with van der Waals surface area (Å²) in [6.45, 7) is 6.69. The van der Waals surface area contributed by atoms with Crippen LogP contribution in [0.4, 0.5) is 0 Å². The number of rotatable bonds is 0. The van der Waals surface area contributed by atoms with E-state index in [-0.39, 0.29) is 0 Å². The van der Waals surface area contributed by atoms with Crippen LogP contribution in [0.3, 0.4) is 0 Å². The molecule has 0 aromatic carbocycles. The average Bonchev–Trinajstić information content (AvgIpc) is 1.25. The van der Waals surface area contributed by atoms with Gasteiger partial charge in [-0.05, 0) is 20.0 Å². The summed E-state index contributed by atoms with van der Waals surface area (Å²) >= 11 is -1.75. The molecule has 5 heteroatoms. The monoisotopic (exact) mass is 283 g/mol. The molecule has 0 aliphatic carbocycles. The second kappa shape index (κ2) is 8.92. The number of hydrogen-bond acceptors (Lipinski definition) is 0. The Balaban J connectivity index is 0. The molecule has 0 fully saturated rings. The second-order valence-electron chi connectivity index (χ2n) is 1.49. The Kier molecular flexibility index (Phi) is 14.0. The van der Waals surface area contributed by atoms with Crippen molar-refractivity contribution in [2.75, 3.05) is 20.0 Å². The molecular formula is C3H9Cl3PRu. The standard InChI is InChI=1S/C3H9P.3ClH.Ru/c1-4(2)3;;;;/h1-3H3;3*1H;/q;;;;+3/p-3. The van der Waals surface area contributed by atoms with Crippen LogP contribution in [0.1, 0.15) is 0 Å². The molecule has 0 saturated carbocycles. The third kappa shape index (κ3) is 103. The molecule has 0 aliphatic rings. The minimum absolute atomic E-state index is 0.380. The average molecular weight is 284 g/mol. The van der Waals surface area contributed by atoms with Crippen LogP contribution in [0.5, 0.6) is 0 Å². The Morgan fingerprint density at radius 3 is 1.00 bits per heavy atom. The summed E-state index contributed by atoms with van der Waals surface area (Å²) in [6.07, 6.45) is 0. The summed E-state index contributed by atoms with van der Waals surface area (Å²) < 4.78 is 0. The van der Waals surface area contributed by atoms with Gasteiger partial charge in [0.1, 0.15) is 0 Å². The maximum absolute atomic E-state index is 4.95. The fraction of sp³-hybridized carbons (Fsp3) is 1.00. The fourth-order valence-corrected chi connectivity index (χ4v) is 0. The van der Waals surface area contributed by atoms with E-state index in [9.17, 15) is 0 Å². The Morgan fingerprint density at radius 2 is 1.00 bits per heavy atom. The molecule has 0 N–H and O–H groups in total. The molecule has 0 aromatic rings. The summed E-state index contributed by atoms with van der Waals surface area (Å²) in [4.78, 5) is 0. The van der Waals surface area contributed by atoms with Crippen LogP contribution in [-0.2, 0) is 13.0 Å². The van der Waals surface area contributed by atoms with Crippen LogP contribution in [0, 0.1) is 0 Å². The van der Waals surface area contributed by atoms with Crippen molar-refractivity contribution in [1.82, 2.24) is 0 Å². The first-order valence-corrected chi connectivity index (χ1v) is 11.1. The number of halogens is 3. The molecule has 0 amide bonds. The topological polar surface area (TPSA) is 0 Å². The Labute approximate surface area is 69.7 Å². The van der Waals surface area contributed by atoms with Gasteiger partial charge in [-0.15, -0.1) is 7.92 Å². The van der Waals surface area contributed by atoms with E-state index in [1.807, 2.05) is 0 Å². The van der Waals surface area contributed by atoms with Gasteiger partial charge in [-0.2, -0.15) is 0 Å². The molecule has 8 heavy (non-hydrogen) atoms. The van der Waals surface area contributed by atoms with Crippen molar-refractivity contribution in [3.8, 4) is 0 Å². The van der Waals surface area contributed by atoms with E-state index in [0.717, 1.165) is 0 Å². The molecular weight excluding hydrogens is 274 g/mol. The summed E-state index contributed by atoms with van der Waals surface area (Å²) in [5.74, 6) is 0. The summed E-state index contributed by atoms with van der Waals surface area (Å²) in [7, 11) is 15.2. The van der Waals surface area contributed by atoms with Crippen molar-refractivity contribution in [3.63, 3.8) is 0 Å². The molecule has 0 radical (unpaired) electrons. The molecule has 0 heterocycles. The first kappa shape index (κ1) is 12.6. The predicted molar refractivity (Wildman–Crippen MR) is 42.3 cm³/mol. The quantitative estimate of drug-likeness (QED) is 0.472. The van der Waals surface area contributed by atoms with Crippen molar-refractivity contribution in [1.29, 1.82) is 0 Å². The van der Waals surface area contributed by atoms with E-state index in [4.69, 9.17) is 29.1 Å². The predicted octanol–water partition coefficient (Wildman–Crippen LogP) is 3.42. The molecule has 0 aromatic heterocycles. The van der Waals surface area contributed by atoms with Gasteiger partial charge >= 0.3 is 42.1 Å². The van der Waals surface area contributed by atoms with Crippen LogP contribution in [-0.4, -0.2) is 20.0 Å². The SMILES string of the molecule is CP(C)C.[Cl][Ru]([Cl])[Cl]. The zero-order valence-corrected chi connectivity index (χ0v) is 9.83. The van der Waals surface area contributed by atoms with Gasteiger partial charge in [-0.1, -0.05) is 0 Å². The molecule has 0 bridgehead atoms. The zero-order valence-electron chi connectivity index (χ0n) is 4.93. The van der Waals surface area contributed by atoms with Crippen LogP contribution >= 0.6 is 37.0 Å². The van der Waals surface area contributed by atoms with Crippen LogP contribution < -0.4 is 0 Å². The van der Waals surface area contributed by atoms with E-state index in [1.165, 1.54) is 0 Å². The van der Waals surface area contributed by atoms with Gasteiger partial charge in [0.2, 0.25) is 0 Å². The van der Waals surface area contributed by atoms with Crippen molar-refractivity contribution < 1.29 is 13.0 Å². The van der Waals surface area contributed by atoms with Gasteiger partial charge in [-0.3, -0.25) is 0 Å². The normalized spacial score (nSPS) is 10.1. The van der Waals surface area contributed by atoms with E-state index >= 15 is 0 Å². The minimum atomic E-state index is -1.75. The Bertz CT molecular complexity index is 30.0. The maximum atomic E-state index is 4.95. The summed E-state index contributed by atoms with van der Waals surface area (Å²) in [5, 5.41) is 0. The van der Waals surface area contributed by atoms with Crippen molar-refractivity contribution in [3.05, 3.63) is 0 Å². The molecule has 0 spiro atoms. The van der Waals surface area contributed by atoms with E-state index in [1.54, 1.807) is 0 Å². The van der Waals surface area contributed by atoms with Gasteiger partial charge in [0.25, 0.3) is 0 Å². The van der Waals surface area contributed by atoms with Gasteiger partial charge in [0, 0.05) is 0 Å². The van der Waals surface area contributed by atoms with Crippen molar-refractivity contribution >= 4 is 37.0 Å². The van der Waals surface area contributed by atoms with E-state index in [0.29, 0.717) is 7.92 Å². The first-order valence-electron chi connectivity index (χ1n) is 1.74. The second-order valence-corrected chi connectivity index (χ2v) is 12.1. The molecule has 0 unspecified atom stereocenters. The van der Waals surface area contributed by atoms with E-state index in [2.05, 4.69) is 20.0 Å². The van der Waals surface area contributed by atoms with Gasteiger partial charge in [-0.25, -0.2) is 0 Å². The van der Waals surface area contributed by atoms with E-state index < -0.39 is 13.0 Å². The zero-order chi connectivity index (χ0) is 7.15.